The molecule has 0 spiro atoms. The lowest BCUT2D eigenvalue weighted by Crippen LogP contribution is -2.45. The predicted octanol–water partition coefficient (Wildman–Crippen LogP) is 7.41. The zero-order valence-corrected chi connectivity index (χ0v) is 23.1. The number of benzene rings is 5. The van der Waals surface area contributed by atoms with Gasteiger partial charge < -0.3 is 20.1 Å². The average molecular weight is 557 g/mol. The fraction of sp³-hybridized carbons (Fsp3) is 0.111. The first kappa shape index (κ1) is 28.2. The van der Waals surface area contributed by atoms with Gasteiger partial charge in [-0.3, -0.25) is 4.79 Å². The topological polar surface area (TPSA) is 76.7 Å². The van der Waals surface area contributed by atoms with Crippen LogP contribution in [-0.2, 0) is 29.2 Å². The molecule has 0 bridgehead atoms. The third-order valence-corrected chi connectivity index (χ3v) is 6.69. The van der Waals surface area contributed by atoms with E-state index in [1.807, 2.05) is 140 Å². The molecule has 5 aromatic rings. The van der Waals surface area contributed by atoms with Crippen LogP contribution in [0, 0.1) is 0 Å². The summed E-state index contributed by atoms with van der Waals surface area (Å²) in [4.78, 5) is 26.1. The summed E-state index contributed by atoms with van der Waals surface area (Å²) in [6.07, 6.45) is -0.394. The Balaban J connectivity index is 1.24. The van der Waals surface area contributed by atoms with Crippen LogP contribution in [0.25, 0.3) is 11.1 Å². The van der Waals surface area contributed by atoms with E-state index in [-0.39, 0.29) is 18.9 Å². The first-order valence-corrected chi connectivity index (χ1v) is 13.8. The number of anilines is 1. The summed E-state index contributed by atoms with van der Waals surface area (Å²) in [7, 11) is 0. The van der Waals surface area contributed by atoms with Crippen LogP contribution in [0.5, 0.6) is 5.75 Å². The molecular formula is C36H32N2O4. The van der Waals surface area contributed by atoms with Gasteiger partial charge in [0.25, 0.3) is 0 Å². The number of nitrogens with one attached hydrogen (secondary N) is 2. The second kappa shape index (κ2) is 14.3. The van der Waals surface area contributed by atoms with E-state index in [4.69, 9.17) is 9.47 Å². The molecule has 1 atom stereocenters. The zero-order chi connectivity index (χ0) is 29.0. The summed E-state index contributed by atoms with van der Waals surface area (Å²) < 4.78 is 11.3. The summed E-state index contributed by atoms with van der Waals surface area (Å²) in [6, 6.07) is 43.6. The molecule has 2 N–H and O–H groups in total. The monoisotopic (exact) mass is 556 g/mol. The smallest absolute Gasteiger partial charge is 0.408 e. The molecule has 0 saturated heterocycles. The molecule has 0 aliphatic heterocycles. The van der Waals surface area contributed by atoms with Crippen molar-refractivity contribution < 1.29 is 19.1 Å². The molecule has 0 fully saturated rings. The first-order chi connectivity index (χ1) is 20.6. The Morgan fingerprint density at radius 3 is 1.74 bits per heavy atom. The van der Waals surface area contributed by atoms with Gasteiger partial charge in [-0.2, -0.15) is 0 Å². The van der Waals surface area contributed by atoms with Crippen molar-refractivity contribution >= 4 is 17.7 Å². The molecule has 6 nitrogen and oxygen atoms in total. The van der Waals surface area contributed by atoms with Crippen molar-refractivity contribution in [1.82, 2.24) is 5.32 Å². The van der Waals surface area contributed by atoms with Crippen molar-refractivity contribution in [2.24, 2.45) is 0 Å². The molecule has 0 heterocycles. The molecule has 2 amide bonds. The van der Waals surface area contributed by atoms with E-state index in [1.54, 1.807) is 0 Å². The van der Waals surface area contributed by atoms with Gasteiger partial charge in [0.15, 0.2) is 0 Å². The molecule has 0 unspecified atom stereocenters. The lowest BCUT2D eigenvalue weighted by atomic mass is 10.0. The number of hydrogen-bond donors (Lipinski definition) is 2. The van der Waals surface area contributed by atoms with Gasteiger partial charge in [0.1, 0.15) is 25.0 Å². The zero-order valence-electron chi connectivity index (χ0n) is 23.1. The number of alkyl carbamates (subject to hydrolysis) is 1. The number of hydrogen-bond acceptors (Lipinski definition) is 4. The van der Waals surface area contributed by atoms with Gasteiger partial charge in [-0.25, -0.2) is 4.79 Å². The molecular weight excluding hydrogens is 524 g/mol. The van der Waals surface area contributed by atoms with Crippen molar-refractivity contribution in [1.29, 1.82) is 0 Å². The van der Waals surface area contributed by atoms with Gasteiger partial charge in [-0.05, 0) is 52.1 Å². The fourth-order valence-corrected chi connectivity index (χ4v) is 4.42. The quantitative estimate of drug-likeness (QED) is 0.178. The van der Waals surface area contributed by atoms with Crippen LogP contribution in [-0.4, -0.2) is 18.0 Å². The second-order valence-electron chi connectivity index (χ2n) is 9.81. The number of carbonyl (C=O) groups is 2. The van der Waals surface area contributed by atoms with E-state index in [0.717, 1.165) is 33.6 Å². The summed E-state index contributed by atoms with van der Waals surface area (Å²) in [6.45, 7) is 0.568. The van der Waals surface area contributed by atoms with Gasteiger partial charge in [0.05, 0.1) is 0 Å². The third kappa shape index (κ3) is 8.32. The molecule has 5 aromatic carbocycles. The van der Waals surface area contributed by atoms with E-state index >= 15 is 0 Å². The Morgan fingerprint density at radius 2 is 1.12 bits per heavy atom. The highest BCUT2D eigenvalue weighted by Gasteiger charge is 2.22. The Labute approximate surface area is 245 Å². The van der Waals surface area contributed by atoms with Gasteiger partial charge >= 0.3 is 6.09 Å². The standard InChI is InChI=1S/C36H32N2O4/c39-35(37-32-20-18-31(19-21-32)30-14-8-3-9-15-30)34(38-36(40)42-26-29-12-6-2-7-13-29)24-27-16-22-33(23-17-27)41-25-28-10-4-1-5-11-28/h1-23,34H,24-26H2,(H,37,39)(H,38,40)/t34-/m0/s1. The Morgan fingerprint density at radius 1 is 0.571 bits per heavy atom. The van der Waals surface area contributed by atoms with Crippen LogP contribution in [0.4, 0.5) is 10.5 Å². The van der Waals surface area contributed by atoms with E-state index in [1.165, 1.54) is 0 Å². The van der Waals surface area contributed by atoms with Gasteiger partial charge in [-0.1, -0.05) is 115 Å². The molecule has 5 rings (SSSR count). The van der Waals surface area contributed by atoms with Crippen LogP contribution >= 0.6 is 0 Å². The minimum atomic E-state index is -0.863. The SMILES string of the molecule is O=C(N[C@@H](Cc1ccc(OCc2ccccc2)cc1)C(=O)Nc1ccc(-c2ccccc2)cc1)OCc1ccccc1. The molecule has 6 heteroatoms. The van der Waals surface area contributed by atoms with Crippen LogP contribution < -0.4 is 15.4 Å². The van der Waals surface area contributed by atoms with E-state index < -0.39 is 12.1 Å². The highest BCUT2D eigenvalue weighted by molar-refractivity contribution is 5.97. The van der Waals surface area contributed by atoms with Crippen LogP contribution in [0.3, 0.4) is 0 Å². The Hall–Kier alpha value is -5.36. The number of amides is 2. The van der Waals surface area contributed by atoms with Crippen molar-refractivity contribution in [2.45, 2.75) is 25.7 Å². The summed E-state index contributed by atoms with van der Waals surface area (Å²) >= 11 is 0. The molecule has 0 aliphatic rings. The number of carbonyl (C=O) groups excluding carboxylic acids is 2. The van der Waals surface area contributed by atoms with Gasteiger partial charge in [0, 0.05) is 12.1 Å². The normalized spacial score (nSPS) is 11.2. The molecule has 210 valence electrons. The largest absolute Gasteiger partial charge is 0.489 e. The lowest BCUT2D eigenvalue weighted by molar-refractivity contribution is -0.118. The van der Waals surface area contributed by atoms with Crippen molar-refractivity contribution in [3.63, 3.8) is 0 Å². The Kier molecular flexibility index (Phi) is 9.61. The maximum absolute atomic E-state index is 13.4. The predicted molar refractivity (Wildman–Crippen MR) is 165 cm³/mol. The number of rotatable bonds is 11. The van der Waals surface area contributed by atoms with Crippen molar-refractivity contribution in [3.8, 4) is 16.9 Å². The number of ether oxygens (including phenoxy) is 2. The minimum absolute atomic E-state index is 0.107. The van der Waals surface area contributed by atoms with Crippen molar-refractivity contribution in [2.75, 3.05) is 5.32 Å². The van der Waals surface area contributed by atoms with Crippen LogP contribution in [0.15, 0.2) is 140 Å². The van der Waals surface area contributed by atoms with Crippen LogP contribution in [0.1, 0.15) is 16.7 Å². The summed E-state index contributed by atoms with van der Waals surface area (Å²) in [5, 5.41) is 5.69. The van der Waals surface area contributed by atoms with Gasteiger partial charge in [-0.15, -0.1) is 0 Å². The van der Waals surface area contributed by atoms with Gasteiger partial charge in [0.2, 0.25) is 5.91 Å². The highest BCUT2D eigenvalue weighted by Crippen LogP contribution is 2.21. The van der Waals surface area contributed by atoms with Crippen molar-refractivity contribution in [3.05, 3.63) is 156 Å². The molecule has 0 aliphatic carbocycles. The second-order valence-corrected chi connectivity index (χ2v) is 9.81. The Bertz CT molecular complexity index is 1560. The van der Waals surface area contributed by atoms with Crippen LogP contribution in [0.2, 0.25) is 0 Å². The summed E-state index contributed by atoms with van der Waals surface area (Å²) in [5.41, 5.74) is 5.57. The maximum Gasteiger partial charge on any atom is 0.408 e. The maximum atomic E-state index is 13.4. The third-order valence-electron chi connectivity index (χ3n) is 6.69. The molecule has 0 radical (unpaired) electrons. The fourth-order valence-electron chi connectivity index (χ4n) is 4.42. The average Bonchev–Trinajstić information content (AvgIpc) is 3.05. The van der Waals surface area contributed by atoms with E-state index in [2.05, 4.69) is 10.6 Å². The van der Waals surface area contributed by atoms with E-state index in [0.29, 0.717) is 12.3 Å². The minimum Gasteiger partial charge on any atom is -0.489 e. The lowest BCUT2D eigenvalue weighted by Gasteiger charge is -2.19. The van der Waals surface area contributed by atoms with E-state index in [9.17, 15) is 9.59 Å². The molecule has 42 heavy (non-hydrogen) atoms. The molecule has 0 saturated carbocycles. The first-order valence-electron chi connectivity index (χ1n) is 13.8. The molecule has 0 aromatic heterocycles. The summed E-state index contributed by atoms with van der Waals surface area (Å²) in [5.74, 6) is 0.376. The highest BCUT2D eigenvalue weighted by atomic mass is 16.5.